The highest BCUT2D eigenvalue weighted by Gasteiger charge is 2.26. The molecule has 6 nitrogen and oxygen atoms in total. The van der Waals surface area contributed by atoms with Crippen molar-refractivity contribution < 1.29 is 13.2 Å². The maximum atomic E-state index is 12.7. The summed E-state index contributed by atoms with van der Waals surface area (Å²) in [6.07, 6.45) is 4.76. The Morgan fingerprint density at radius 3 is 2.56 bits per heavy atom. The fraction of sp³-hybridized carbons (Fsp3) is 0.650. The first-order valence-corrected chi connectivity index (χ1v) is 11.7. The molecule has 1 fully saturated rings. The topological polar surface area (TPSA) is 69.7 Å². The van der Waals surface area contributed by atoms with Crippen molar-refractivity contribution in [3.8, 4) is 0 Å². The standard InChI is InChI=1S/C20H31N3O3S/c1-15(2)14-22-11-8-18(9-12-22)21-20(24)17-6-7-19-16(13-17)5-4-10-23(19)27(3,25)26/h6-7,13,15,18H,4-5,8-12,14H2,1-3H3,(H,21,24). The Balaban J connectivity index is 1.63. The van der Waals surface area contributed by atoms with Crippen LogP contribution >= 0.6 is 0 Å². The molecule has 1 aromatic carbocycles. The zero-order valence-corrected chi connectivity index (χ0v) is 17.4. The average Bonchev–Trinajstić information content (AvgIpc) is 2.61. The van der Waals surface area contributed by atoms with Gasteiger partial charge in [0.15, 0.2) is 0 Å². The molecule has 27 heavy (non-hydrogen) atoms. The summed E-state index contributed by atoms with van der Waals surface area (Å²) in [6, 6.07) is 5.58. The van der Waals surface area contributed by atoms with E-state index >= 15 is 0 Å². The van der Waals surface area contributed by atoms with Gasteiger partial charge in [-0.15, -0.1) is 0 Å². The van der Waals surface area contributed by atoms with Crippen LogP contribution < -0.4 is 9.62 Å². The molecule has 0 spiro atoms. The number of carbonyl (C=O) groups is 1. The predicted octanol–water partition coefficient (Wildman–Crippen LogP) is 2.25. The number of fused-ring (bicyclic) bond motifs is 1. The number of benzene rings is 1. The first-order chi connectivity index (χ1) is 12.7. The molecule has 2 aliphatic heterocycles. The Hall–Kier alpha value is -1.60. The molecule has 1 aromatic rings. The Kier molecular flexibility index (Phi) is 6.11. The summed E-state index contributed by atoms with van der Waals surface area (Å²) in [6.45, 7) is 8.13. The molecule has 1 N–H and O–H groups in total. The van der Waals surface area contributed by atoms with Gasteiger partial charge in [-0.2, -0.15) is 0 Å². The first-order valence-electron chi connectivity index (χ1n) is 9.88. The molecule has 0 radical (unpaired) electrons. The summed E-state index contributed by atoms with van der Waals surface area (Å²) >= 11 is 0. The van der Waals surface area contributed by atoms with Crippen LogP contribution in [0.25, 0.3) is 0 Å². The lowest BCUT2D eigenvalue weighted by Gasteiger charge is -2.33. The molecule has 2 aliphatic rings. The van der Waals surface area contributed by atoms with Crippen molar-refractivity contribution in [1.29, 1.82) is 0 Å². The second-order valence-corrected chi connectivity index (χ2v) is 10.1. The van der Waals surface area contributed by atoms with Gasteiger partial charge in [0.2, 0.25) is 10.0 Å². The third kappa shape index (κ3) is 5.02. The van der Waals surface area contributed by atoms with Gasteiger partial charge < -0.3 is 10.2 Å². The number of likely N-dealkylation sites (tertiary alicyclic amines) is 1. The van der Waals surface area contributed by atoms with E-state index in [1.807, 2.05) is 6.07 Å². The lowest BCUT2D eigenvalue weighted by atomic mass is 9.99. The second-order valence-electron chi connectivity index (χ2n) is 8.22. The zero-order chi connectivity index (χ0) is 19.6. The van der Waals surface area contributed by atoms with Crippen LogP contribution in [-0.4, -0.2) is 57.7 Å². The summed E-state index contributed by atoms with van der Waals surface area (Å²) in [5.74, 6) is 0.606. The van der Waals surface area contributed by atoms with Crippen molar-refractivity contribution in [1.82, 2.24) is 10.2 Å². The van der Waals surface area contributed by atoms with Crippen molar-refractivity contribution in [2.45, 2.75) is 45.6 Å². The van der Waals surface area contributed by atoms with Crippen LogP contribution in [0.3, 0.4) is 0 Å². The summed E-state index contributed by atoms with van der Waals surface area (Å²) in [7, 11) is -3.28. The van der Waals surface area contributed by atoms with Gasteiger partial charge in [-0.1, -0.05) is 13.8 Å². The molecule has 1 saturated heterocycles. The fourth-order valence-corrected chi connectivity index (χ4v) is 5.09. The second kappa shape index (κ2) is 8.19. The van der Waals surface area contributed by atoms with E-state index in [0.29, 0.717) is 23.7 Å². The van der Waals surface area contributed by atoms with Crippen molar-refractivity contribution in [3.05, 3.63) is 29.3 Å². The van der Waals surface area contributed by atoms with Gasteiger partial charge >= 0.3 is 0 Å². The van der Waals surface area contributed by atoms with Crippen LogP contribution in [0.1, 0.15) is 49.0 Å². The Morgan fingerprint density at radius 1 is 1.22 bits per heavy atom. The number of carbonyl (C=O) groups excluding carboxylic acids is 1. The van der Waals surface area contributed by atoms with Crippen LogP contribution in [0, 0.1) is 5.92 Å². The number of hydrogen-bond donors (Lipinski definition) is 1. The lowest BCUT2D eigenvalue weighted by Crippen LogP contribution is -2.45. The van der Waals surface area contributed by atoms with E-state index in [0.717, 1.165) is 50.9 Å². The highest BCUT2D eigenvalue weighted by Crippen LogP contribution is 2.30. The normalized spacial score (nSPS) is 19.2. The molecule has 0 aromatic heterocycles. The third-order valence-corrected chi connectivity index (χ3v) is 6.54. The summed E-state index contributed by atoms with van der Waals surface area (Å²) in [4.78, 5) is 15.1. The van der Waals surface area contributed by atoms with Crippen LogP contribution in [0.2, 0.25) is 0 Å². The Bertz CT molecular complexity index is 784. The molecule has 1 amide bonds. The molecular weight excluding hydrogens is 362 g/mol. The van der Waals surface area contributed by atoms with Crippen molar-refractivity contribution in [2.24, 2.45) is 5.92 Å². The van der Waals surface area contributed by atoms with Gasteiger partial charge in [0.1, 0.15) is 0 Å². The van der Waals surface area contributed by atoms with E-state index in [1.165, 1.54) is 10.6 Å². The van der Waals surface area contributed by atoms with E-state index < -0.39 is 10.0 Å². The van der Waals surface area contributed by atoms with E-state index in [9.17, 15) is 13.2 Å². The smallest absolute Gasteiger partial charge is 0.251 e. The largest absolute Gasteiger partial charge is 0.349 e. The number of aryl methyl sites for hydroxylation is 1. The summed E-state index contributed by atoms with van der Waals surface area (Å²) in [5, 5.41) is 3.16. The Morgan fingerprint density at radius 2 is 1.93 bits per heavy atom. The maximum absolute atomic E-state index is 12.7. The minimum Gasteiger partial charge on any atom is -0.349 e. The minimum atomic E-state index is -3.28. The zero-order valence-electron chi connectivity index (χ0n) is 16.6. The molecule has 150 valence electrons. The summed E-state index contributed by atoms with van der Waals surface area (Å²) < 4.78 is 25.4. The van der Waals surface area contributed by atoms with Gasteiger partial charge in [0.25, 0.3) is 5.91 Å². The molecule has 3 rings (SSSR count). The molecule has 0 atom stereocenters. The fourth-order valence-electron chi connectivity index (χ4n) is 4.09. The average molecular weight is 394 g/mol. The Labute approximate surface area is 163 Å². The number of hydrogen-bond acceptors (Lipinski definition) is 4. The van der Waals surface area contributed by atoms with Gasteiger partial charge in [-0.3, -0.25) is 9.10 Å². The number of anilines is 1. The minimum absolute atomic E-state index is 0.0587. The highest BCUT2D eigenvalue weighted by atomic mass is 32.2. The number of sulfonamides is 1. The molecule has 0 unspecified atom stereocenters. The molecule has 0 aliphatic carbocycles. The van der Waals surface area contributed by atoms with E-state index in [2.05, 4.69) is 24.1 Å². The van der Waals surface area contributed by atoms with Gasteiger partial charge in [0, 0.05) is 37.8 Å². The van der Waals surface area contributed by atoms with Crippen molar-refractivity contribution in [3.63, 3.8) is 0 Å². The first kappa shape index (κ1) is 20.1. The van der Waals surface area contributed by atoms with Gasteiger partial charge in [-0.25, -0.2) is 8.42 Å². The van der Waals surface area contributed by atoms with E-state index in [4.69, 9.17) is 0 Å². The highest BCUT2D eigenvalue weighted by molar-refractivity contribution is 7.92. The molecular formula is C20H31N3O3S. The van der Waals surface area contributed by atoms with Gasteiger partial charge in [0.05, 0.1) is 11.9 Å². The van der Waals surface area contributed by atoms with E-state index in [1.54, 1.807) is 12.1 Å². The predicted molar refractivity (Wildman–Crippen MR) is 109 cm³/mol. The number of amides is 1. The number of nitrogens with one attached hydrogen (secondary N) is 1. The number of piperidine rings is 1. The number of rotatable bonds is 5. The molecule has 7 heteroatoms. The van der Waals surface area contributed by atoms with Crippen LogP contribution in [0.5, 0.6) is 0 Å². The SMILES string of the molecule is CC(C)CN1CCC(NC(=O)c2ccc3c(c2)CCCN3S(C)(=O)=O)CC1. The van der Waals surface area contributed by atoms with E-state index in [-0.39, 0.29) is 11.9 Å². The quantitative estimate of drug-likeness (QED) is 0.833. The van der Waals surface area contributed by atoms with Crippen LogP contribution in [0.4, 0.5) is 5.69 Å². The lowest BCUT2D eigenvalue weighted by molar-refractivity contribution is 0.0907. The maximum Gasteiger partial charge on any atom is 0.251 e. The molecule has 0 saturated carbocycles. The molecule has 2 heterocycles. The molecule has 0 bridgehead atoms. The monoisotopic (exact) mass is 393 g/mol. The van der Waals surface area contributed by atoms with Crippen molar-refractivity contribution >= 4 is 21.6 Å². The van der Waals surface area contributed by atoms with Gasteiger partial charge in [-0.05, 0) is 55.4 Å². The van der Waals surface area contributed by atoms with Crippen LogP contribution in [0.15, 0.2) is 18.2 Å². The van der Waals surface area contributed by atoms with Crippen LogP contribution in [-0.2, 0) is 16.4 Å². The summed E-state index contributed by atoms with van der Waals surface area (Å²) in [5.41, 5.74) is 2.27. The number of nitrogens with zero attached hydrogens (tertiary/aromatic N) is 2. The van der Waals surface area contributed by atoms with Crippen molar-refractivity contribution in [2.75, 3.05) is 36.7 Å². The third-order valence-electron chi connectivity index (χ3n) is 5.36.